The number of esters is 1. The van der Waals surface area contributed by atoms with Gasteiger partial charge in [0.2, 0.25) is 12.7 Å². The Morgan fingerprint density at radius 2 is 1.91 bits per heavy atom. The number of anilines is 1. The zero-order chi connectivity index (χ0) is 24.1. The average Bonchev–Trinajstić information content (AvgIpc) is 3.28. The molecule has 0 spiro atoms. The van der Waals surface area contributed by atoms with Crippen LogP contribution in [0.25, 0.3) is 0 Å². The van der Waals surface area contributed by atoms with E-state index in [-0.39, 0.29) is 36.5 Å². The van der Waals surface area contributed by atoms with Crippen LogP contribution in [0, 0.1) is 11.8 Å². The van der Waals surface area contributed by atoms with Gasteiger partial charge < -0.3 is 24.4 Å². The number of aromatic nitrogens is 1. The lowest BCUT2D eigenvalue weighted by Crippen LogP contribution is -2.44. The second-order valence-corrected chi connectivity index (χ2v) is 9.55. The highest BCUT2D eigenvalue weighted by Gasteiger charge is 2.26. The van der Waals surface area contributed by atoms with Crippen molar-refractivity contribution in [2.24, 2.45) is 11.8 Å². The minimum Gasteiger partial charge on any atom is -0.454 e. The number of amides is 2. The number of rotatable bonds is 7. The molecule has 2 aromatic rings. The maximum atomic E-state index is 12.7. The van der Waals surface area contributed by atoms with Gasteiger partial charge in [0.05, 0.1) is 11.3 Å². The van der Waals surface area contributed by atoms with E-state index in [1.54, 1.807) is 35.2 Å². The predicted molar refractivity (Wildman–Crippen MR) is 126 cm³/mol. The van der Waals surface area contributed by atoms with E-state index in [9.17, 15) is 14.4 Å². The molecule has 0 unspecified atom stereocenters. The smallest absolute Gasteiger partial charge is 0.341 e. The first-order chi connectivity index (χ1) is 16.4. The number of pyridine rings is 1. The molecule has 1 aromatic carbocycles. The molecule has 2 aliphatic rings. The van der Waals surface area contributed by atoms with E-state index in [1.807, 2.05) is 0 Å². The van der Waals surface area contributed by atoms with Gasteiger partial charge in [0, 0.05) is 31.0 Å². The normalized spacial score (nSPS) is 18.9. The molecule has 1 saturated heterocycles. The fraction of sp³-hybridized carbons (Fsp3) is 0.417. The van der Waals surface area contributed by atoms with Crippen molar-refractivity contribution in [1.29, 1.82) is 0 Å². The van der Waals surface area contributed by atoms with Crippen molar-refractivity contribution in [3.63, 3.8) is 0 Å². The Bertz CT molecular complexity index is 1070. The van der Waals surface area contributed by atoms with Crippen molar-refractivity contribution in [2.75, 3.05) is 37.6 Å². The highest BCUT2D eigenvalue weighted by atomic mass is 32.2. The molecule has 180 valence electrons. The maximum absolute atomic E-state index is 12.7. The van der Waals surface area contributed by atoms with Gasteiger partial charge in [-0.1, -0.05) is 25.6 Å². The zero-order valence-electron chi connectivity index (χ0n) is 19.1. The molecule has 0 aliphatic carbocycles. The van der Waals surface area contributed by atoms with Crippen molar-refractivity contribution in [3.05, 3.63) is 42.1 Å². The molecule has 34 heavy (non-hydrogen) atoms. The summed E-state index contributed by atoms with van der Waals surface area (Å²) >= 11 is 1.12. The summed E-state index contributed by atoms with van der Waals surface area (Å²) < 4.78 is 15.9. The van der Waals surface area contributed by atoms with Gasteiger partial charge in [-0.05, 0) is 42.5 Å². The van der Waals surface area contributed by atoms with E-state index in [1.165, 1.54) is 6.20 Å². The lowest BCUT2D eigenvalue weighted by molar-refractivity contribution is -0.137. The average molecular weight is 486 g/mol. The summed E-state index contributed by atoms with van der Waals surface area (Å²) in [5, 5.41) is 3.15. The van der Waals surface area contributed by atoms with Crippen molar-refractivity contribution in [3.8, 4) is 11.5 Å². The van der Waals surface area contributed by atoms with Crippen molar-refractivity contribution >= 4 is 35.2 Å². The Morgan fingerprint density at radius 1 is 1.15 bits per heavy atom. The quantitative estimate of drug-likeness (QED) is 0.471. The topological polar surface area (TPSA) is 107 Å². The third kappa shape index (κ3) is 5.99. The van der Waals surface area contributed by atoms with Gasteiger partial charge >= 0.3 is 5.97 Å². The highest BCUT2D eigenvalue weighted by Crippen LogP contribution is 2.34. The number of nitrogens with one attached hydrogen (secondary N) is 1. The molecule has 2 aliphatic heterocycles. The number of benzene rings is 1. The van der Waals surface area contributed by atoms with E-state index < -0.39 is 5.97 Å². The van der Waals surface area contributed by atoms with E-state index in [0.29, 0.717) is 47.1 Å². The standard InChI is InChI=1S/C24H27N3O6S/c1-15-8-16(2)11-27(10-15)22(29)12-31-24(30)18-4-3-7-25-23(18)34-13-21(28)26-17-5-6-19-20(9-17)33-14-32-19/h3-7,9,15-16H,8,10-14H2,1-2H3,(H,26,28)/t15-,16-/m1/s1. The molecule has 3 heterocycles. The Kier molecular flexibility index (Phi) is 7.56. The van der Waals surface area contributed by atoms with Crippen molar-refractivity contribution in [2.45, 2.75) is 25.3 Å². The van der Waals surface area contributed by atoms with Crippen LogP contribution in [-0.2, 0) is 14.3 Å². The number of thioether (sulfide) groups is 1. The molecule has 4 rings (SSSR count). The lowest BCUT2D eigenvalue weighted by atomic mass is 9.92. The Balaban J connectivity index is 1.30. The van der Waals surface area contributed by atoms with E-state index >= 15 is 0 Å². The molecular formula is C24H27N3O6S. The van der Waals surface area contributed by atoms with Crippen LogP contribution < -0.4 is 14.8 Å². The van der Waals surface area contributed by atoms with Crippen LogP contribution in [0.15, 0.2) is 41.6 Å². The van der Waals surface area contributed by atoms with Gasteiger partial charge in [-0.3, -0.25) is 9.59 Å². The Morgan fingerprint density at radius 3 is 2.71 bits per heavy atom. The van der Waals surface area contributed by atoms with Gasteiger partial charge in [0.25, 0.3) is 5.91 Å². The third-order valence-electron chi connectivity index (χ3n) is 5.54. The van der Waals surface area contributed by atoms with Gasteiger partial charge in [-0.25, -0.2) is 9.78 Å². The molecular weight excluding hydrogens is 458 g/mol. The number of carbonyl (C=O) groups excluding carboxylic acids is 3. The highest BCUT2D eigenvalue weighted by molar-refractivity contribution is 8.00. The van der Waals surface area contributed by atoms with Crippen LogP contribution in [0.5, 0.6) is 11.5 Å². The Hall–Kier alpha value is -3.27. The number of fused-ring (bicyclic) bond motifs is 1. The van der Waals surface area contributed by atoms with Crippen LogP contribution in [0.4, 0.5) is 5.69 Å². The number of nitrogens with zero attached hydrogens (tertiary/aromatic N) is 2. The van der Waals surface area contributed by atoms with Crippen LogP contribution in [0.2, 0.25) is 0 Å². The SMILES string of the molecule is C[C@@H]1C[C@@H](C)CN(C(=O)COC(=O)c2cccnc2SCC(=O)Nc2ccc3c(c2)OCO3)C1. The molecule has 9 nitrogen and oxygen atoms in total. The fourth-order valence-corrected chi connectivity index (χ4v) is 4.91. The second kappa shape index (κ2) is 10.8. The molecule has 1 N–H and O–H groups in total. The van der Waals surface area contributed by atoms with Gasteiger partial charge in [0.1, 0.15) is 5.03 Å². The number of piperidine rings is 1. The second-order valence-electron chi connectivity index (χ2n) is 8.58. The first-order valence-electron chi connectivity index (χ1n) is 11.1. The largest absolute Gasteiger partial charge is 0.454 e. The number of ether oxygens (including phenoxy) is 3. The Labute approximate surface area is 202 Å². The monoisotopic (exact) mass is 485 g/mol. The third-order valence-corrected chi connectivity index (χ3v) is 6.54. The number of hydrogen-bond donors (Lipinski definition) is 1. The molecule has 1 aromatic heterocycles. The first-order valence-corrected chi connectivity index (χ1v) is 12.1. The molecule has 0 radical (unpaired) electrons. The molecule has 1 fully saturated rings. The number of carbonyl (C=O) groups is 3. The molecule has 0 saturated carbocycles. The summed E-state index contributed by atoms with van der Waals surface area (Å²) in [6, 6.07) is 8.33. The number of likely N-dealkylation sites (tertiary alicyclic amines) is 1. The van der Waals surface area contributed by atoms with Crippen LogP contribution in [0.3, 0.4) is 0 Å². The summed E-state index contributed by atoms with van der Waals surface area (Å²) in [6.45, 7) is 5.42. The molecule has 10 heteroatoms. The van der Waals surface area contributed by atoms with Gasteiger partial charge in [-0.2, -0.15) is 0 Å². The number of hydrogen-bond acceptors (Lipinski definition) is 8. The van der Waals surface area contributed by atoms with Crippen molar-refractivity contribution < 1.29 is 28.6 Å². The first kappa shape index (κ1) is 23.9. The lowest BCUT2D eigenvalue weighted by Gasteiger charge is -2.34. The molecule has 2 atom stereocenters. The van der Waals surface area contributed by atoms with Gasteiger partial charge in [0.15, 0.2) is 18.1 Å². The van der Waals surface area contributed by atoms with E-state index in [4.69, 9.17) is 14.2 Å². The minimum atomic E-state index is -0.641. The van der Waals surface area contributed by atoms with E-state index in [0.717, 1.165) is 18.2 Å². The summed E-state index contributed by atoms with van der Waals surface area (Å²) in [5.74, 6) is 0.981. The molecule has 0 bridgehead atoms. The summed E-state index contributed by atoms with van der Waals surface area (Å²) in [5.41, 5.74) is 0.798. The summed E-state index contributed by atoms with van der Waals surface area (Å²) in [6.07, 6.45) is 2.62. The summed E-state index contributed by atoms with van der Waals surface area (Å²) in [4.78, 5) is 43.6. The van der Waals surface area contributed by atoms with Gasteiger partial charge in [-0.15, -0.1) is 0 Å². The maximum Gasteiger partial charge on any atom is 0.341 e. The summed E-state index contributed by atoms with van der Waals surface area (Å²) in [7, 11) is 0. The van der Waals surface area contributed by atoms with Crippen LogP contribution in [0.1, 0.15) is 30.6 Å². The van der Waals surface area contributed by atoms with Crippen LogP contribution >= 0.6 is 11.8 Å². The molecule has 2 amide bonds. The van der Waals surface area contributed by atoms with Crippen molar-refractivity contribution in [1.82, 2.24) is 9.88 Å². The van der Waals surface area contributed by atoms with Crippen LogP contribution in [-0.4, -0.2) is 59.9 Å². The van der Waals surface area contributed by atoms with E-state index in [2.05, 4.69) is 24.1 Å². The predicted octanol–water partition coefficient (Wildman–Crippen LogP) is 3.20. The fourth-order valence-electron chi connectivity index (χ4n) is 4.13. The minimum absolute atomic E-state index is 0.0359. The zero-order valence-corrected chi connectivity index (χ0v) is 19.9.